The first-order chi connectivity index (χ1) is 9.88. The highest BCUT2D eigenvalue weighted by Crippen LogP contribution is 2.16. The third-order valence-corrected chi connectivity index (χ3v) is 4.20. The summed E-state index contributed by atoms with van der Waals surface area (Å²) in [6.45, 7) is 0.144. The van der Waals surface area contributed by atoms with Crippen molar-refractivity contribution in [3.8, 4) is 11.4 Å². The Hall–Kier alpha value is -1.84. The van der Waals surface area contributed by atoms with Crippen LogP contribution in [0.15, 0.2) is 28.8 Å². The molecule has 0 bridgehead atoms. The molecule has 1 aromatic carbocycles. The summed E-state index contributed by atoms with van der Waals surface area (Å²) in [4.78, 5) is 4.13. The lowest BCUT2D eigenvalue weighted by molar-refractivity contribution is 0.378. The van der Waals surface area contributed by atoms with E-state index in [2.05, 4.69) is 14.9 Å². The quantitative estimate of drug-likeness (QED) is 0.852. The Kier molecular flexibility index (Phi) is 4.66. The molecule has 1 aromatic heterocycles. The molecule has 0 saturated carbocycles. The summed E-state index contributed by atoms with van der Waals surface area (Å²) in [5.74, 6) is 0.289. The predicted octanol–water partition coefficient (Wildman–Crippen LogP) is 0.814. The normalized spacial score (nSPS) is 12.0. The lowest BCUT2D eigenvalue weighted by Crippen LogP contribution is -2.36. The van der Waals surface area contributed by atoms with Crippen LogP contribution in [-0.4, -0.2) is 43.5 Å². The molecule has 0 aliphatic rings. The van der Waals surface area contributed by atoms with Gasteiger partial charge in [-0.15, -0.1) is 0 Å². The van der Waals surface area contributed by atoms with E-state index in [1.165, 1.54) is 26.2 Å². The molecule has 0 radical (unpaired) electrons. The van der Waals surface area contributed by atoms with Crippen LogP contribution in [0.1, 0.15) is 5.89 Å². The largest absolute Gasteiger partial charge is 0.339 e. The monoisotopic (exact) mass is 314 g/mol. The molecule has 0 atom stereocenters. The SMILES string of the molecule is CN(C)S(=O)(=O)NCCc1nc(-c2ccc(F)cc2)no1. The Balaban J connectivity index is 1.96. The Bertz CT molecular complexity index is 698. The fourth-order valence-electron chi connectivity index (χ4n) is 1.49. The number of hydrogen-bond acceptors (Lipinski definition) is 5. The zero-order chi connectivity index (χ0) is 15.5. The van der Waals surface area contributed by atoms with Gasteiger partial charge in [0.25, 0.3) is 10.2 Å². The summed E-state index contributed by atoms with van der Waals surface area (Å²) in [5.41, 5.74) is 0.625. The Morgan fingerprint density at radius 2 is 1.95 bits per heavy atom. The molecule has 7 nitrogen and oxygen atoms in total. The van der Waals surface area contributed by atoms with E-state index in [-0.39, 0.29) is 18.8 Å². The molecular weight excluding hydrogens is 299 g/mol. The summed E-state index contributed by atoms with van der Waals surface area (Å²) in [6.07, 6.45) is 0.265. The van der Waals surface area contributed by atoms with E-state index in [4.69, 9.17) is 4.52 Å². The summed E-state index contributed by atoms with van der Waals surface area (Å²) in [6, 6.07) is 5.69. The van der Waals surface area contributed by atoms with E-state index in [1.807, 2.05) is 0 Å². The van der Waals surface area contributed by atoms with Crippen molar-refractivity contribution in [1.29, 1.82) is 0 Å². The highest BCUT2D eigenvalue weighted by molar-refractivity contribution is 7.87. The van der Waals surface area contributed by atoms with Gasteiger partial charge in [-0.05, 0) is 24.3 Å². The predicted molar refractivity (Wildman–Crippen MR) is 74.0 cm³/mol. The van der Waals surface area contributed by atoms with Gasteiger partial charge in [0.2, 0.25) is 11.7 Å². The number of nitrogens with one attached hydrogen (secondary N) is 1. The molecule has 2 aromatic rings. The molecular formula is C12H15FN4O3S. The summed E-state index contributed by atoms with van der Waals surface area (Å²) in [7, 11) is -0.602. The Morgan fingerprint density at radius 3 is 2.57 bits per heavy atom. The van der Waals surface area contributed by atoms with Crippen molar-refractivity contribution in [1.82, 2.24) is 19.2 Å². The van der Waals surface area contributed by atoms with Gasteiger partial charge in [-0.2, -0.15) is 17.7 Å². The third-order valence-electron chi connectivity index (χ3n) is 2.67. The fourth-order valence-corrected chi connectivity index (χ4v) is 2.11. The van der Waals surface area contributed by atoms with Gasteiger partial charge in [0.1, 0.15) is 5.82 Å². The molecule has 114 valence electrons. The molecule has 1 N–H and O–H groups in total. The fraction of sp³-hybridized carbons (Fsp3) is 0.333. The molecule has 0 amide bonds. The highest BCUT2D eigenvalue weighted by atomic mass is 32.2. The van der Waals surface area contributed by atoms with Gasteiger partial charge in [0.05, 0.1) is 0 Å². The van der Waals surface area contributed by atoms with Gasteiger partial charge in [-0.3, -0.25) is 0 Å². The van der Waals surface area contributed by atoms with E-state index >= 15 is 0 Å². The van der Waals surface area contributed by atoms with Crippen LogP contribution in [0.25, 0.3) is 11.4 Å². The zero-order valence-corrected chi connectivity index (χ0v) is 12.4. The zero-order valence-electron chi connectivity index (χ0n) is 11.6. The Morgan fingerprint density at radius 1 is 1.29 bits per heavy atom. The molecule has 0 spiro atoms. The first kappa shape index (κ1) is 15.5. The molecule has 21 heavy (non-hydrogen) atoms. The van der Waals surface area contributed by atoms with Crippen LogP contribution in [0, 0.1) is 5.82 Å². The first-order valence-electron chi connectivity index (χ1n) is 6.14. The van der Waals surface area contributed by atoms with Gasteiger partial charge in [-0.25, -0.2) is 9.11 Å². The molecule has 0 aliphatic heterocycles. The van der Waals surface area contributed by atoms with Crippen LogP contribution < -0.4 is 4.72 Å². The molecule has 9 heteroatoms. The second kappa shape index (κ2) is 6.29. The average molecular weight is 314 g/mol. The van der Waals surface area contributed by atoms with E-state index in [1.54, 1.807) is 12.1 Å². The molecule has 2 rings (SSSR count). The first-order valence-corrected chi connectivity index (χ1v) is 7.58. The maximum atomic E-state index is 12.8. The van der Waals surface area contributed by atoms with Crippen LogP contribution in [0.3, 0.4) is 0 Å². The van der Waals surface area contributed by atoms with Gasteiger partial charge in [-0.1, -0.05) is 5.16 Å². The number of hydrogen-bond donors (Lipinski definition) is 1. The Labute approximate surface area is 122 Å². The number of halogens is 1. The molecule has 0 unspecified atom stereocenters. The van der Waals surface area contributed by atoms with Gasteiger partial charge < -0.3 is 4.52 Å². The molecule has 0 saturated heterocycles. The lowest BCUT2D eigenvalue weighted by Gasteiger charge is -2.11. The summed E-state index contributed by atoms with van der Waals surface area (Å²) < 4.78 is 44.3. The molecule has 1 heterocycles. The molecule has 0 fully saturated rings. The van der Waals surface area contributed by atoms with Gasteiger partial charge >= 0.3 is 0 Å². The smallest absolute Gasteiger partial charge is 0.278 e. The van der Waals surface area contributed by atoms with E-state index in [0.29, 0.717) is 17.3 Å². The minimum absolute atomic E-state index is 0.144. The minimum Gasteiger partial charge on any atom is -0.339 e. The molecule has 0 aliphatic carbocycles. The second-order valence-electron chi connectivity index (χ2n) is 4.45. The van der Waals surface area contributed by atoms with E-state index in [9.17, 15) is 12.8 Å². The van der Waals surface area contributed by atoms with Gasteiger partial charge in [0.15, 0.2) is 0 Å². The van der Waals surface area contributed by atoms with Crippen molar-refractivity contribution >= 4 is 10.2 Å². The van der Waals surface area contributed by atoms with Crippen molar-refractivity contribution in [2.75, 3.05) is 20.6 Å². The summed E-state index contributed by atoms with van der Waals surface area (Å²) in [5, 5.41) is 3.77. The van der Waals surface area contributed by atoms with Crippen LogP contribution in [-0.2, 0) is 16.6 Å². The maximum Gasteiger partial charge on any atom is 0.278 e. The van der Waals surface area contributed by atoms with Crippen LogP contribution in [0.5, 0.6) is 0 Å². The number of rotatable bonds is 6. The van der Waals surface area contributed by atoms with Crippen molar-refractivity contribution in [3.63, 3.8) is 0 Å². The van der Waals surface area contributed by atoms with E-state index < -0.39 is 10.2 Å². The maximum absolute atomic E-state index is 12.8. The van der Waals surface area contributed by atoms with Crippen molar-refractivity contribution in [2.24, 2.45) is 0 Å². The van der Waals surface area contributed by atoms with Crippen LogP contribution in [0.2, 0.25) is 0 Å². The van der Waals surface area contributed by atoms with Crippen molar-refractivity contribution in [3.05, 3.63) is 36.0 Å². The van der Waals surface area contributed by atoms with Crippen molar-refractivity contribution in [2.45, 2.75) is 6.42 Å². The van der Waals surface area contributed by atoms with Gasteiger partial charge in [0, 0.05) is 32.6 Å². The second-order valence-corrected chi connectivity index (χ2v) is 6.42. The van der Waals surface area contributed by atoms with Crippen LogP contribution >= 0.6 is 0 Å². The summed E-state index contributed by atoms with van der Waals surface area (Å²) >= 11 is 0. The highest BCUT2D eigenvalue weighted by Gasteiger charge is 2.13. The number of nitrogens with zero attached hydrogens (tertiary/aromatic N) is 3. The average Bonchev–Trinajstić information content (AvgIpc) is 2.88. The topological polar surface area (TPSA) is 88.3 Å². The minimum atomic E-state index is -3.47. The van der Waals surface area contributed by atoms with Crippen LogP contribution in [0.4, 0.5) is 4.39 Å². The van der Waals surface area contributed by atoms with Crippen molar-refractivity contribution < 1.29 is 17.3 Å². The number of benzene rings is 1. The third kappa shape index (κ3) is 4.06. The number of aromatic nitrogens is 2. The standard InChI is InChI=1S/C12H15FN4O3S/c1-17(2)21(18,19)14-8-7-11-15-12(16-20-11)9-3-5-10(13)6-4-9/h3-6,14H,7-8H2,1-2H3. The van der Waals surface area contributed by atoms with E-state index in [0.717, 1.165) is 4.31 Å². The lowest BCUT2D eigenvalue weighted by atomic mass is 10.2.